The van der Waals surface area contributed by atoms with Gasteiger partial charge in [0.15, 0.2) is 0 Å². The highest BCUT2D eigenvalue weighted by atomic mass is 79.9. The highest BCUT2D eigenvalue weighted by Crippen LogP contribution is 2.31. The summed E-state index contributed by atoms with van der Waals surface area (Å²) >= 11 is 3.43. The van der Waals surface area contributed by atoms with Crippen molar-refractivity contribution in [3.8, 4) is 0 Å². The average Bonchev–Trinajstić information content (AvgIpc) is 2.79. The van der Waals surface area contributed by atoms with Crippen LogP contribution < -0.4 is 0 Å². The number of allylic oxidation sites excluding steroid dienone is 1. The van der Waals surface area contributed by atoms with Crippen LogP contribution in [0.1, 0.15) is 12.0 Å². The first-order chi connectivity index (χ1) is 8.90. The van der Waals surface area contributed by atoms with E-state index in [1.165, 1.54) is 10.8 Å². The summed E-state index contributed by atoms with van der Waals surface area (Å²) in [4.78, 5) is 0. The summed E-state index contributed by atoms with van der Waals surface area (Å²) < 4.78 is 5.95. The van der Waals surface area contributed by atoms with Crippen LogP contribution in [0.4, 0.5) is 0 Å². The predicted octanol–water partition coefficient (Wildman–Crippen LogP) is 5.38. The van der Waals surface area contributed by atoms with Crippen molar-refractivity contribution < 1.29 is 4.42 Å². The zero-order chi connectivity index (χ0) is 12.4. The summed E-state index contributed by atoms with van der Waals surface area (Å²) in [6.07, 6.45) is 5.32. The van der Waals surface area contributed by atoms with E-state index in [1.54, 1.807) is 0 Å². The quantitative estimate of drug-likeness (QED) is 0.592. The minimum atomic E-state index is 0.953. The maximum atomic E-state index is 5.95. The van der Waals surface area contributed by atoms with E-state index < -0.39 is 0 Å². The molecule has 0 aliphatic carbocycles. The number of alkyl halides is 1. The van der Waals surface area contributed by atoms with E-state index >= 15 is 0 Å². The largest absolute Gasteiger partial charge is 0.455 e. The van der Waals surface area contributed by atoms with E-state index in [-0.39, 0.29) is 0 Å². The highest BCUT2D eigenvalue weighted by molar-refractivity contribution is 9.09. The molecular weight excluding hydrogens is 288 g/mol. The molecule has 1 nitrogen and oxygen atoms in total. The number of halogens is 1. The van der Waals surface area contributed by atoms with E-state index in [0.717, 1.165) is 28.5 Å². The van der Waals surface area contributed by atoms with Crippen molar-refractivity contribution in [3.05, 3.63) is 54.1 Å². The first kappa shape index (κ1) is 11.5. The maximum Gasteiger partial charge on any atom is 0.142 e. The molecule has 3 rings (SSSR count). The van der Waals surface area contributed by atoms with Gasteiger partial charge in [0.1, 0.15) is 11.2 Å². The molecular formula is C16H13BrO. The smallest absolute Gasteiger partial charge is 0.142 e. The molecule has 0 saturated heterocycles. The van der Waals surface area contributed by atoms with Crippen LogP contribution in [0.5, 0.6) is 0 Å². The van der Waals surface area contributed by atoms with E-state index in [0.29, 0.717) is 0 Å². The first-order valence-electron chi connectivity index (χ1n) is 6.03. The monoisotopic (exact) mass is 300 g/mol. The summed E-state index contributed by atoms with van der Waals surface area (Å²) in [6, 6.07) is 14.5. The van der Waals surface area contributed by atoms with Gasteiger partial charge >= 0.3 is 0 Å². The fourth-order valence-corrected chi connectivity index (χ4v) is 2.44. The number of hydrogen-bond donors (Lipinski definition) is 0. The molecule has 2 heteroatoms. The molecule has 3 aromatic rings. The summed E-state index contributed by atoms with van der Waals surface area (Å²) in [5.41, 5.74) is 3.07. The molecule has 90 valence electrons. The zero-order valence-corrected chi connectivity index (χ0v) is 11.5. The maximum absolute atomic E-state index is 5.95. The van der Waals surface area contributed by atoms with E-state index in [9.17, 15) is 0 Å². The normalized spacial score (nSPS) is 11.8. The lowest BCUT2D eigenvalue weighted by Crippen LogP contribution is -1.74. The standard InChI is InChI=1S/C16H13BrO/c17-11-4-3-6-12-7-5-9-14-13-8-1-2-10-15(13)18-16(12)14/h1-3,5-10H,4,11H2. The predicted molar refractivity (Wildman–Crippen MR) is 81.2 cm³/mol. The van der Waals surface area contributed by atoms with E-state index in [2.05, 4.69) is 52.3 Å². The third-order valence-corrected chi connectivity index (χ3v) is 3.47. The fourth-order valence-electron chi connectivity index (χ4n) is 2.17. The van der Waals surface area contributed by atoms with Crippen LogP contribution in [0.3, 0.4) is 0 Å². The Morgan fingerprint density at radius 3 is 2.72 bits per heavy atom. The number of benzene rings is 2. The van der Waals surface area contributed by atoms with Crippen LogP contribution >= 0.6 is 15.9 Å². The number of rotatable bonds is 3. The SMILES string of the molecule is BrCCC=Cc1cccc2c1oc1ccccc12. The number of fused-ring (bicyclic) bond motifs is 3. The molecule has 18 heavy (non-hydrogen) atoms. The summed E-state index contributed by atoms with van der Waals surface area (Å²) in [5.74, 6) is 0. The molecule has 0 saturated carbocycles. The van der Waals surface area contributed by atoms with Crippen LogP contribution in [0.15, 0.2) is 53.0 Å². The number of para-hydroxylation sites is 2. The zero-order valence-electron chi connectivity index (χ0n) is 9.90. The van der Waals surface area contributed by atoms with Gasteiger partial charge in [-0.15, -0.1) is 0 Å². The molecule has 0 N–H and O–H groups in total. The van der Waals surface area contributed by atoms with Crippen molar-refractivity contribution in [2.75, 3.05) is 5.33 Å². The second-order valence-electron chi connectivity index (χ2n) is 4.20. The van der Waals surface area contributed by atoms with Crippen LogP contribution in [-0.4, -0.2) is 5.33 Å². The van der Waals surface area contributed by atoms with Crippen LogP contribution in [0, 0.1) is 0 Å². The van der Waals surface area contributed by atoms with Gasteiger partial charge in [0.25, 0.3) is 0 Å². The van der Waals surface area contributed by atoms with Gasteiger partial charge in [-0.1, -0.05) is 64.5 Å². The third-order valence-electron chi connectivity index (χ3n) is 3.01. The van der Waals surface area contributed by atoms with Crippen LogP contribution in [-0.2, 0) is 0 Å². The Kier molecular flexibility index (Phi) is 3.20. The second-order valence-corrected chi connectivity index (χ2v) is 5.00. The van der Waals surface area contributed by atoms with Gasteiger partial charge < -0.3 is 4.42 Å². The molecule has 2 aromatic carbocycles. The Bertz CT molecular complexity index is 709. The summed E-state index contributed by atoms with van der Waals surface area (Å²) in [7, 11) is 0. The third kappa shape index (κ3) is 1.97. The Morgan fingerprint density at radius 1 is 1.00 bits per heavy atom. The molecule has 0 unspecified atom stereocenters. The lowest BCUT2D eigenvalue weighted by atomic mass is 10.1. The Morgan fingerprint density at radius 2 is 1.83 bits per heavy atom. The topological polar surface area (TPSA) is 13.1 Å². The fraction of sp³-hybridized carbons (Fsp3) is 0.125. The Hall–Kier alpha value is -1.54. The molecule has 0 amide bonds. The highest BCUT2D eigenvalue weighted by Gasteiger charge is 2.07. The van der Waals surface area contributed by atoms with Gasteiger partial charge in [-0.05, 0) is 12.5 Å². The van der Waals surface area contributed by atoms with Gasteiger partial charge in [0, 0.05) is 21.7 Å². The van der Waals surface area contributed by atoms with Gasteiger partial charge in [0.05, 0.1) is 0 Å². The van der Waals surface area contributed by atoms with Crippen LogP contribution in [0.2, 0.25) is 0 Å². The first-order valence-corrected chi connectivity index (χ1v) is 7.15. The number of furan rings is 1. The van der Waals surface area contributed by atoms with E-state index in [4.69, 9.17) is 4.42 Å². The minimum Gasteiger partial charge on any atom is -0.455 e. The van der Waals surface area contributed by atoms with Crippen molar-refractivity contribution in [3.63, 3.8) is 0 Å². The average molecular weight is 301 g/mol. The summed E-state index contributed by atoms with van der Waals surface area (Å²) in [5, 5.41) is 3.36. The van der Waals surface area contributed by atoms with Gasteiger partial charge in [0.2, 0.25) is 0 Å². The van der Waals surface area contributed by atoms with Crippen molar-refractivity contribution in [1.82, 2.24) is 0 Å². The van der Waals surface area contributed by atoms with Crippen molar-refractivity contribution >= 4 is 43.9 Å². The molecule has 0 atom stereocenters. The lowest BCUT2D eigenvalue weighted by molar-refractivity contribution is 0.668. The van der Waals surface area contributed by atoms with Crippen molar-refractivity contribution in [2.45, 2.75) is 6.42 Å². The van der Waals surface area contributed by atoms with E-state index in [1.807, 2.05) is 18.2 Å². The summed E-state index contributed by atoms with van der Waals surface area (Å²) in [6.45, 7) is 0. The molecule has 0 aliphatic heterocycles. The second kappa shape index (κ2) is 4.99. The minimum absolute atomic E-state index is 0.953. The lowest BCUT2D eigenvalue weighted by Gasteiger charge is -1.94. The van der Waals surface area contributed by atoms with Crippen LogP contribution in [0.25, 0.3) is 28.0 Å². The molecule has 0 fully saturated rings. The molecule has 1 heterocycles. The molecule has 0 spiro atoms. The molecule has 0 radical (unpaired) electrons. The Balaban J connectivity index is 2.21. The molecule has 0 aliphatic rings. The van der Waals surface area contributed by atoms with Gasteiger partial charge in [-0.2, -0.15) is 0 Å². The number of hydrogen-bond acceptors (Lipinski definition) is 1. The Labute approximate surface area is 114 Å². The van der Waals surface area contributed by atoms with Gasteiger partial charge in [-0.25, -0.2) is 0 Å². The molecule has 0 bridgehead atoms. The van der Waals surface area contributed by atoms with Crippen molar-refractivity contribution in [1.29, 1.82) is 0 Å². The van der Waals surface area contributed by atoms with Crippen molar-refractivity contribution in [2.24, 2.45) is 0 Å². The van der Waals surface area contributed by atoms with Gasteiger partial charge in [-0.3, -0.25) is 0 Å². The molecule has 1 aromatic heterocycles.